The van der Waals surface area contributed by atoms with Gasteiger partial charge in [-0.05, 0) is 31.8 Å². The maximum absolute atomic E-state index is 10.9. The Kier molecular flexibility index (Phi) is 5.89. The average molecular weight is 358 g/mol. The van der Waals surface area contributed by atoms with Crippen LogP contribution in [0.2, 0.25) is 5.02 Å². The summed E-state index contributed by atoms with van der Waals surface area (Å²) in [5.41, 5.74) is 1.98. The Morgan fingerprint density at radius 2 is 2.17 bits per heavy atom. The van der Waals surface area contributed by atoms with Crippen molar-refractivity contribution in [3.05, 3.63) is 46.1 Å². The number of hydrogen-bond donors (Lipinski definition) is 0. The van der Waals surface area contributed by atoms with Crippen LogP contribution in [0.5, 0.6) is 0 Å². The monoisotopic (exact) mass is 357 g/mol. The maximum Gasteiger partial charge on any atom is 1.00 e. The number of carbonyl (C=O) groups is 1. The predicted molar refractivity (Wildman–Crippen MR) is 85.7 cm³/mol. The molecule has 0 atom stereocenters. The van der Waals surface area contributed by atoms with Crippen LogP contribution in [0.15, 0.2) is 29.8 Å². The molecule has 5 nitrogen and oxygen atoms in total. The van der Waals surface area contributed by atoms with Crippen molar-refractivity contribution in [2.45, 2.75) is 6.54 Å². The standard InChI is InChI=1S/C15H14ClN3O2S.Na/c1-18(2)6-9-7-19(13-5-10(16)3-4-11(9)13)15-17-12(8-22-15)14(20)21;/h3-5,7-8H,6H2,1-2H3,(H,20,21);/q;+1/p-1. The normalized spacial score (nSPS) is 11.0. The van der Waals surface area contributed by atoms with Crippen molar-refractivity contribution in [1.82, 2.24) is 14.5 Å². The van der Waals surface area contributed by atoms with Crippen LogP contribution in [0.1, 0.15) is 16.1 Å². The van der Waals surface area contributed by atoms with Crippen molar-refractivity contribution in [3.8, 4) is 5.13 Å². The number of carbonyl (C=O) groups excluding carboxylic acids is 1. The van der Waals surface area contributed by atoms with E-state index in [-0.39, 0.29) is 35.3 Å². The topological polar surface area (TPSA) is 61.2 Å². The summed E-state index contributed by atoms with van der Waals surface area (Å²) in [6, 6.07) is 5.68. The number of fused-ring (bicyclic) bond motifs is 1. The minimum atomic E-state index is -1.27. The molecule has 1 aromatic carbocycles. The van der Waals surface area contributed by atoms with Gasteiger partial charge in [0.05, 0.1) is 17.2 Å². The first kappa shape index (κ1) is 18.4. The smallest absolute Gasteiger partial charge is 0.543 e. The van der Waals surface area contributed by atoms with Crippen molar-refractivity contribution in [3.63, 3.8) is 0 Å². The minimum absolute atomic E-state index is 0. The van der Waals surface area contributed by atoms with Crippen LogP contribution in [0, 0.1) is 0 Å². The van der Waals surface area contributed by atoms with Gasteiger partial charge in [-0.25, -0.2) is 4.98 Å². The molecule has 0 N–H and O–H groups in total. The Hall–Kier alpha value is -0.890. The van der Waals surface area contributed by atoms with E-state index in [1.807, 2.05) is 43.1 Å². The zero-order valence-electron chi connectivity index (χ0n) is 13.0. The van der Waals surface area contributed by atoms with E-state index in [1.165, 1.54) is 16.7 Å². The van der Waals surface area contributed by atoms with Crippen molar-refractivity contribution >= 4 is 39.8 Å². The molecule has 0 radical (unpaired) electrons. The van der Waals surface area contributed by atoms with Crippen molar-refractivity contribution in [1.29, 1.82) is 0 Å². The fourth-order valence-electron chi connectivity index (χ4n) is 2.36. The number of carboxylic acids is 1. The molecule has 8 heteroatoms. The average Bonchev–Trinajstić information content (AvgIpc) is 3.03. The van der Waals surface area contributed by atoms with Gasteiger partial charge in [0.2, 0.25) is 0 Å². The third-order valence-corrected chi connectivity index (χ3v) is 4.32. The molecule has 0 fully saturated rings. The molecule has 0 aliphatic rings. The number of benzene rings is 1. The zero-order chi connectivity index (χ0) is 15.9. The molecule has 0 saturated carbocycles. The van der Waals surface area contributed by atoms with Crippen molar-refractivity contribution in [2.75, 3.05) is 14.1 Å². The van der Waals surface area contributed by atoms with E-state index in [4.69, 9.17) is 11.6 Å². The number of nitrogens with zero attached hydrogens (tertiary/aromatic N) is 3. The maximum atomic E-state index is 10.9. The number of hydrogen-bond acceptors (Lipinski definition) is 5. The van der Waals surface area contributed by atoms with Crippen LogP contribution < -0.4 is 34.7 Å². The second kappa shape index (κ2) is 7.34. The first-order chi connectivity index (χ1) is 10.5. The molecule has 3 rings (SSSR count). The molecule has 23 heavy (non-hydrogen) atoms. The third kappa shape index (κ3) is 3.79. The second-order valence-electron chi connectivity index (χ2n) is 5.23. The third-order valence-electron chi connectivity index (χ3n) is 3.24. The SMILES string of the molecule is CN(C)Cc1cn(-c2nc(C(=O)[O-])cs2)c2cc(Cl)ccc12.[Na+]. The summed E-state index contributed by atoms with van der Waals surface area (Å²) in [4.78, 5) is 17.1. The Morgan fingerprint density at radius 3 is 2.78 bits per heavy atom. The van der Waals surface area contributed by atoms with Gasteiger partial charge in [-0.2, -0.15) is 0 Å². The number of carboxylic acid groups (broad SMARTS) is 1. The van der Waals surface area contributed by atoms with Gasteiger partial charge < -0.3 is 14.8 Å². The quantitative estimate of drug-likeness (QED) is 0.572. The largest absolute Gasteiger partial charge is 1.00 e. The van der Waals surface area contributed by atoms with Crippen LogP contribution in [0.3, 0.4) is 0 Å². The molecule has 0 amide bonds. The molecule has 0 saturated heterocycles. The molecular weight excluding hydrogens is 345 g/mol. The van der Waals surface area contributed by atoms with Gasteiger partial charge in [0, 0.05) is 28.5 Å². The summed E-state index contributed by atoms with van der Waals surface area (Å²) in [5.74, 6) is -1.27. The molecule has 2 aromatic heterocycles. The van der Waals surface area contributed by atoms with E-state index in [0.717, 1.165) is 23.0 Å². The van der Waals surface area contributed by atoms with E-state index in [0.29, 0.717) is 10.2 Å². The van der Waals surface area contributed by atoms with E-state index >= 15 is 0 Å². The number of halogens is 1. The molecule has 0 bridgehead atoms. The van der Waals surface area contributed by atoms with Crippen LogP contribution in [0.4, 0.5) is 0 Å². The second-order valence-corrected chi connectivity index (χ2v) is 6.50. The van der Waals surface area contributed by atoms with Gasteiger partial charge in [-0.15, -0.1) is 11.3 Å². The number of aromatic carboxylic acids is 1. The first-order valence-electron chi connectivity index (χ1n) is 6.57. The van der Waals surface area contributed by atoms with Crippen LogP contribution in [-0.4, -0.2) is 34.5 Å². The number of rotatable bonds is 4. The van der Waals surface area contributed by atoms with Crippen LogP contribution in [-0.2, 0) is 6.54 Å². The first-order valence-corrected chi connectivity index (χ1v) is 7.83. The fourth-order valence-corrected chi connectivity index (χ4v) is 3.31. The van der Waals surface area contributed by atoms with Gasteiger partial charge in [0.25, 0.3) is 0 Å². The zero-order valence-corrected chi connectivity index (χ0v) is 16.6. The van der Waals surface area contributed by atoms with Gasteiger partial charge >= 0.3 is 29.6 Å². The molecule has 114 valence electrons. The summed E-state index contributed by atoms with van der Waals surface area (Å²) in [5, 5.41) is 14.7. The molecule has 0 aliphatic carbocycles. The summed E-state index contributed by atoms with van der Waals surface area (Å²) in [6.45, 7) is 0.768. The Balaban J connectivity index is 0.00000192. The Labute approximate surface area is 164 Å². The number of aromatic nitrogens is 2. The van der Waals surface area contributed by atoms with Gasteiger partial charge in [-0.3, -0.25) is 4.57 Å². The van der Waals surface area contributed by atoms with E-state index < -0.39 is 5.97 Å². The van der Waals surface area contributed by atoms with E-state index in [2.05, 4.69) is 9.88 Å². The van der Waals surface area contributed by atoms with Crippen molar-refractivity contribution < 1.29 is 39.5 Å². The van der Waals surface area contributed by atoms with Gasteiger partial charge in [0.15, 0.2) is 5.13 Å². The Morgan fingerprint density at radius 1 is 1.43 bits per heavy atom. The van der Waals surface area contributed by atoms with Crippen LogP contribution in [0.25, 0.3) is 16.0 Å². The Bertz CT molecular complexity index is 860. The summed E-state index contributed by atoms with van der Waals surface area (Å²) < 4.78 is 1.87. The summed E-state index contributed by atoms with van der Waals surface area (Å²) in [6.07, 6.45) is 1.97. The minimum Gasteiger partial charge on any atom is -0.543 e. The van der Waals surface area contributed by atoms with E-state index in [1.54, 1.807) is 0 Å². The molecular formula is C15H13ClN3NaO2S. The predicted octanol–water partition coefficient (Wildman–Crippen LogP) is -0.830. The molecule has 0 aliphatic heterocycles. The molecule has 0 unspecified atom stereocenters. The summed E-state index contributed by atoms with van der Waals surface area (Å²) >= 11 is 7.36. The van der Waals surface area contributed by atoms with Crippen molar-refractivity contribution in [2.24, 2.45) is 0 Å². The van der Waals surface area contributed by atoms with Gasteiger partial charge in [-0.1, -0.05) is 17.7 Å². The molecule has 2 heterocycles. The van der Waals surface area contributed by atoms with E-state index in [9.17, 15) is 9.90 Å². The molecule has 3 aromatic rings. The van der Waals surface area contributed by atoms with Gasteiger partial charge in [0.1, 0.15) is 0 Å². The molecule has 0 spiro atoms. The fraction of sp³-hybridized carbons (Fsp3) is 0.200. The summed E-state index contributed by atoms with van der Waals surface area (Å²) in [7, 11) is 3.99. The number of thiazole rings is 1. The van der Waals surface area contributed by atoms with Crippen LogP contribution >= 0.6 is 22.9 Å².